The van der Waals surface area contributed by atoms with Gasteiger partial charge in [-0.25, -0.2) is 4.90 Å². The fourth-order valence-electron chi connectivity index (χ4n) is 4.42. The lowest BCUT2D eigenvalue weighted by atomic mass is 9.84. The quantitative estimate of drug-likeness (QED) is 0.655. The number of imide groups is 1. The highest BCUT2D eigenvalue weighted by Gasteiger charge is 2.46. The van der Waals surface area contributed by atoms with Crippen molar-refractivity contribution in [2.45, 2.75) is 44.8 Å². The third-order valence-electron chi connectivity index (χ3n) is 6.06. The molecule has 1 heterocycles. The summed E-state index contributed by atoms with van der Waals surface area (Å²) < 4.78 is 45.4. The molecule has 4 rings (SSSR count). The van der Waals surface area contributed by atoms with Gasteiger partial charge in [0.25, 0.3) is 17.7 Å². The first kappa shape index (κ1) is 22.8. The number of carbonyl (C=O) groups is 3. The highest BCUT2D eigenvalue weighted by atomic mass is 19.4. The molecule has 9 heteroatoms. The van der Waals surface area contributed by atoms with Crippen LogP contribution >= 0.6 is 0 Å². The summed E-state index contributed by atoms with van der Waals surface area (Å²) in [6.07, 6.45) is -3.11. The molecule has 2 atom stereocenters. The maximum absolute atomic E-state index is 13.3. The van der Waals surface area contributed by atoms with Gasteiger partial charge in [-0.1, -0.05) is 12.8 Å². The molecule has 33 heavy (non-hydrogen) atoms. The molecule has 2 aromatic rings. The average Bonchev–Trinajstić information content (AvgIpc) is 3.04. The van der Waals surface area contributed by atoms with E-state index >= 15 is 0 Å². The third-order valence-corrected chi connectivity index (χ3v) is 6.06. The third kappa shape index (κ3) is 4.44. The first-order valence-corrected chi connectivity index (χ1v) is 10.8. The summed E-state index contributed by atoms with van der Waals surface area (Å²) in [5.74, 6) is -2.83. The van der Waals surface area contributed by atoms with Crippen LogP contribution in [-0.2, 0) is 0 Å². The van der Waals surface area contributed by atoms with E-state index in [1.807, 2.05) is 6.92 Å². The van der Waals surface area contributed by atoms with E-state index in [0.717, 1.165) is 4.90 Å². The molecule has 2 aromatic carbocycles. The maximum Gasteiger partial charge on any atom is 0.393 e. The fraction of sp³-hybridized carbons (Fsp3) is 0.375. The normalized spacial score (nSPS) is 20.5. The monoisotopic (exact) mass is 460 g/mol. The van der Waals surface area contributed by atoms with Crippen molar-refractivity contribution in [2.75, 3.05) is 11.5 Å². The van der Waals surface area contributed by atoms with Gasteiger partial charge in [0, 0.05) is 11.6 Å². The topological polar surface area (TPSA) is 75.7 Å². The number of amides is 3. The fourth-order valence-corrected chi connectivity index (χ4v) is 4.42. The standard InChI is InChI=1S/C24H23F3N2O4/c1-2-33-16-10-8-15(9-11-16)29-22(31)17-12-7-14(13-18(17)23(29)32)21(30)28-20-6-4-3-5-19(20)24(25,26)27/h7-13,19-20H,2-6H2,1H3,(H,28,30). The van der Waals surface area contributed by atoms with Crippen molar-refractivity contribution in [1.82, 2.24) is 5.32 Å². The van der Waals surface area contributed by atoms with E-state index < -0.39 is 35.9 Å². The Hall–Kier alpha value is -3.36. The molecule has 1 saturated carbocycles. The van der Waals surface area contributed by atoms with Crippen molar-refractivity contribution >= 4 is 23.4 Å². The number of ether oxygens (including phenoxy) is 1. The van der Waals surface area contributed by atoms with Crippen LogP contribution in [0.3, 0.4) is 0 Å². The van der Waals surface area contributed by atoms with Gasteiger partial charge >= 0.3 is 6.18 Å². The zero-order valence-electron chi connectivity index (χ0n) is 17.9. The number of carbonyl (C=O) groups excluding carboxylic acids is 3. The highest BCUT2D eigenvalue weighted by Crippen LogP contribution is 2.38. The molecule has 0 saturated heterocycles. The molecular formula is C24H23F3N2O4. The van der Waals surface area contributed by atoms with E-state index in [1.54, 1.807) is 24.3 Å². The van der Waals surface area contributed by atoms with Gasteiger partial charge in [0.1, 0.15) is 5.75 Å². The molecule has 1 aliphatic heterocycles. The summed E-state index contributed by atoms with van der Waals surface area (Å²) in [4.78, 5) is 39.5. The number of fused-ring (bicyclic) bond motifs is 1. The predicted octanol–water partition coefficient (Wildman–Crippen LogP) is 4.74. The van der Waals surface area contributed by atoms with E-state index in [0.29, 0.717) is 30.9 Å². The molecule has 1 N–H and O–H groups in total. The van der Waals surface area contributed by atoms with Crippen molar-refractivity contribution in [3.63, 3.8) is 0 Å². The Labute approximate surface area is 188 Å². The number of anilines is 1. The Bertz CT molecular complexity index is 1080. The van der Waals surface area contributed by atoms with E-state index in [-0.39, 0.29) is 29.5 Å². The van der Waals surface area contributed by atoms with Crippen LogP contribution in [-0.4, -0.2) is 36.5 Å². The number of alkyl halides is 3. The predicted molar refractivity (Wildman–Crippen MR) is 114 cm³/mol. The highest BCUT2D eigenvalue weighted by molar-refractivity contribution is 6.34. The number of hydrogen-bond donors (Lipinski definition) is 1. The molecule has 6 nitrogen and oxygen atoms in total. The largest absolute Gasteiger partial charge is 0.494 e. The Morgan fingerprint density at radius 3 is 2.36 bits per heavy atom. The van der Waals surface area contributed by atoms with Crippen LogP contribution in [0.25, 0.3) is 0 Å². The Morgan fingerprint density at radius 1 is 1.03 bits per heavy atom. The molecule has 0 aromatic heterocycles. The molecular weight excluding hydrogens is 437 g/mol. The van der Waals surface area contributed by atoms with Crippen LogP contribution in [0.2, 0.25) is 0 Å². The zero-order valence-corrected chi connectivity index (χ0v) is 17.9. The lowest BCUT2D eigenvalue weighted by Crippen LogP contribution is -2.47. The number of nitrogens with one attached hydrogen (secondary N) is 1. The molecule has 1 aliphatic carbocycles. The molecule has 3 amide bonds. The van der Waals surface area contributed by atoms with Crippen molar-refractivity contribution in [1.29, 1.82) is 0 Å². The number of nitrogens with zero attached hydrogens (tertiary/aromatic N) is 1. The number of benzene rings is 2. The molecule has 0 radical (unpaired) electrons. The lowest BCUT2D eigenvalue weighted by Gasteiger charge is -2.33. The van der Waals surface area contributed by atoms with Gasteiger partial charge in [-0.15, -0.1) is 0 Å². The Morgan fingerprint density at radius 2 is 1.70 bits per heavy atom. The molecule has 0 bridgehead atoms. The molecule has 174 valence electrons. The van der Waals surface area contributed by atoms with Crippen LogP contribution < -0.4 is 15.0 Å². The zero-order chi connectivity index (χ0) is 23.8. The summed E-state index contributed by atoms with van der Waals surface area (Å²) in [5.41, 5.74) is 0.564. The van der Waals surface area contributed by atoms with Gasteiger partial charge in [0.2, 0.25) is 0 Å². The SMILES string of the molecule is CCOc1ccc(N2C(=O)c3ccc(C(=O)NC4CCCCC4C(F)(F)F)cc3C2=O)cc1. The molecule has 2 aliphatic rings. The van der Waals surface area contributed by atoms with Gasteiger partial charge in [-0.3, -0.25) is 14.4 Å². The van der Waals surface area contributed by atoms with E-state index in [4.69, 9.17) is 4.74 Å². The van der Waals surface area contributed by atoms with Crippen molar-refractivity contribution < 1.29 is 32.3 Å². The minimum atomic E-state index is -4.39. The second kappa shape index (κ2) is 8.88. The Kier molecular flexibility index (Phi) is 6.14. The van der Waals surface area contributed by atoms with Crippen molar-refractivity contribution in [3.8, 4) is 5.75 Å². The van der Waals surface area contributed by atoms with Gasteiger partial charge in [0.05, 0.1) is 29.3 Å². The molecule has 1 fully saturated rings. The molecule has 0 spiro atoms. The number of halogens is 3. The minimum absolute atomic E-state index is 0.0251. The summed E-state index contributed by atoms with van der Waals surface area (Å²) in [6.45, 7) is 2.31. The first-order chi connectivity index (χ1) is 15.7. The van der Waals surface area contributed by atoms with E-state index in [1.165, 1.54) is 18.2 Å². The summed E-state index contributed by atoms with van der Waals surface area (Å²) >= 11 is 0. The second-order valence-corrected chi connectivity index (χ2v) is 8.15. The summed E-state index contributed by atoms with van der Waals surface area (Å²) in [6, 6.07) is 9.42. The van der Waals surface area contributed by atoms with Gasteiger partial charge in [-0.2, -0.15) is 13.2 Å². The van der Waals surface area contributed by atoms with Crippen LogP contribution in [0.1, 0.15) is 63.7 Å². The number of rotatable bonds is 5. The van der Waals surface area contributed by atoms with Gasteiger partial charge in [0.15, 0.2) is 0 Å². The Balaban J connectivity index is 1.54. The van der Waals surface area contributed by atoms with Crippen LogP contribution in [0.15, 0.2) is 42.5 Å². The van der Waals surface area contributed by atoms with Crippen molar-refractivity contribution in [2.24, 2.45) is 5.92 Å². The first-order valence-electron chi connectivity index (χ1n) is 10.8. The van der Waals surface area contributed by atoms with Gasteiger partial charge in [-0.05, 0) is 62.2 Å². The van der Waals surface area contributed by atoms with Crippen molar-refractivity contribution in [3.05, 3.63) is 59.2 Å². The lowest BCUT2D eigenvalue weighted by molar-refractivity contribution is -0.187. The van der Waals surface area contributed by atoms with E-state index in [9.17, 15) is 27.6 Å². The smallest absolute Gasteiger partial charge is 0.393 e. The second-order valence-electron chi connectivity index (χ2n) is 8.15. The van der Waals surface area contributed by atoms with Crippen LogP contribution in [0.4, 0.5) is 18.9 Å². The maximum atomic E-state index is 13.3. The van der Waals surface area contributed by atoms with Crippen LogP contribution in [0, 0.1) is 5.92 Å². The summed E-state index contributed by atoms with van der Waals surface area (Å²) in [5, 5.41) is 2.49. The minimum Gasteiger partial charge on any atom is -0.494 e. The van der Waals surface area contributed by atoms with Crippen LogP contribution in [0.5, 0.6) is 5.75 Å². The number of hydrogen-bond acceptors (Lipinski definition) is 4. The summed E-state index contributed by atoms with van der Waals surface area (Å²) in [7, 11) is 0. The molecule has 2 unspecified atom stereocenters. The van der Waals surface area contributed by atoms with E-state index in [2.05, 4.69) is 5.32 Å². The average molecular weight is 460 g/mol. The van der Waals surface area contributed by atoms with Gasteiger partial charge < -0.3 is 10.1 Å².